The Hall–Kier alpha value is -1.57. The van der Waals surface area contributed by atoms with Gasteiger partial charge in [0.25, 0.3) is 0 Å². The van der Waals surface area contributed by atoms with Crippen molar-refractivity contribution in [1.82, 2.24) is 14.7 Å². The molecule has 0 saturated carbocycles. The lowest BCUT2D eigenvalue weighted by Gasteiger charge is -2.34. The van der Waals surface area contributed by atoms with E-state index in [1.165, 1.54) is 17.1 Å². The number of rotatable bonds is 5. The summed E-state index contributed by atoms with van der Waals surface area (Å²) in [4.78, 5) is 24.2. The quantitative estimate of drug-likeness (QED) is 0.611. The van der Waals surface area contributed by atoms with Gasteiger partial charge in [0, 0.05) is 37.1 Å². The number of thioether (sulfide) groups is 1. The van der Waals surface area contributed by atoms with E-state index in [4.69, 9.17) is 0 Å². The van der Waals surface area contributed by atoms with Gasteiger partial charge in [0.05, 0.1) is 4.92 Å². The molecule has 1 saturated heterocycles. The molecule has 2 rings (SSSR count). The van der Waals surface area contributed by atoms with Crippen LogP contribution in [0.4, 0.5) is 5.69 Å². The predicted octanol–water partition coefficient (Wildman–Crippen LogP) is 1.78. The molecule has 1 atom stereocenters. The summed E-state index contributed by atoms with van der Waals surface area (Å²) >= 11 is 1.93. The molecule has 1 aromatic heterocycles. The standard InChI is InChI=1S/C13H20N4O3S/c1-10(2)12-9-15(5-6-21-12)13(18)3-4-16-8-11(7-14-16)17(19)20/h7-8,10,12H,3-6,9H2,1-2H3. The zero-order chi connectivity index (χ0) is 15.4. The zero-order valence-corrected chi connectivity index (χ0v) is 13.1. The Balaban J connectivity index is 1.84. The number of aryl methyl sites for hydroxylation is 1. The molecule has 1 aromatic rings. The van der Waals surface area contributed by atoms with Crippen LogP contribution in [0, 0.1) is 16.0 Å². The minimum Gasteiger partial charge on any atom is -0.341 e. The van der Waals surface area contributed by atoms with Crippen molar-refractivity contribution in [3.05, 3.63) is 22.5 Å². The molecule has 116 valence electrons. The SMILES string of the molecule is CC(C)C1CN(C(=O)CCn2cc([N+](=O)[O-])cn2)CCS1. The fraction of sp³-hybridized carbons (Fsp3) is 0.692. The lowest BCUT2D eigenvalue weighted by atomic mass is 10.1. The van der Waals surface area contributed by atoms with Gasteiger partial charge in [-0.05, 0) is 5.92 Å². The molecule has 1 fully saturated rings. The number of aromatic nitrogens is 2. The first-order valence-electron chi connectivity index (χ1n) is 7.03. The van der Waals surface area contributed by atoms with E-state index in [2.05, 4.69) is 18.9 Å². The second-order valence-corrected chi connectivity index (χ2v) is 6.81. The molecule has 0 bridgehead atoms. The third-order valence-corrected chi connectivity index (χ3v) is 5.11. The first-order valence-corrected chi connectivity index (χ1v) is 8.08. The number of carbonyl (C=O) groups is 1. The van der Waals surface area contributed by atoms with Crippen molar-refractivity contribution in [2.24, 2.45) is 5.92 Å². The van der Waals surface area contributed by atoms with Gasteiger partial charge in [-0.3, -0.25) is 19.6 Å². The molecule has 0 radical (unpaired) electrons. The molecule has 8 heteroatoms. The van der Waals surface area contributed by atoms with E-state index in [-0.39, 0.29) is 11.6 Å². The molecule has 0 spiro atoms. The van der Waals surface area contributed by atoms with E-state index >= 15 is 0 Å². The largest absolute Gasteiger partial charge is 0.341 e. The second-order valence-electron chi connectivity index (χ2n) is 5.46. The van der Waals surface area contributed by atoms with Crippen molar-refractivity contribution < 1.29 is 9.72 Å². The van der Waals surface area contributed by atoms with Gasteiger partial charge in [0.15, 0.2) is 0 Å². The number of hydrogen-bond acceptors (Lipinski definition) is 5. The lowest BCUT2D eigenvalue weighted by molar-refractivity contribution is -0.385. The van der Waals surface area contributed by atoms with Gasteiger partial charge in [0.1, 0.15) is 12.4 Å². The Kier molecular flexibility index (Phi) is 5.22. The van der Waals surface area contributed by atoms with Gasteiger partial charge in [0.2, 0.25) is 5.91 Å². The van der Waals surface area contributed by atoms with Crippen LogP contribution in [-0.4, -0.2) is 49.6 Å². The topological polar surface area (TPSA) is 81.3 Å². The summed E-state index contributed by atoms with van der Waals surface area (Å²) < 4.78 is 1.45. The highest BCUT2D eigenvalue weighted by Crippen LogP contribution is 2.25. The van der Waals surface area contributed by atoms with E-state index in [0.717, 1.165) is 18.8 Å². The van der Waals surface area contributed by atoms with Crippen LogP contribution in [0.1, 0.15) is 20.3 Å². The van der Waals surface area contributed by atoms with Gasteiger partial charge < -0.3 is 4.90 Å². The molecular formula is C13H20N4O3S. The molecule has 0 aliphatic carbocycles. The molecule has 21 heavy (non-hydrogen) atoms. The Morgan fingerprint density at radius 1 is 1.62 bits per heavy atom. The summed E-state index contributed by atoms with van der Waals surface area (Å²) in [5, 5.41) is 15.0. The van der Waals surface area contributed by atoms with Gasteiger partial charge in [-0.25, -0.2) is 0 Å². The molecule has 7 nitrogen and oxygen atoms in total. The van der Waals surface area contributed by atoms with Crippen molar-refractivity contribution in [2.45, 2.75) is 32.1 Å². The Morgan fingerprint density at radius 3 is 3.00 bits per heavy atom. The fourth-order valence-electron chi connectivity index (χ4n) is 2.24. The molecule has 1 aliphatic rings. The van der Waals surface area contributed by atoms with E-state index in [1.807, 2.05) is 16.7 Å². The summed E-state index contributed by atoms with van der Waals surface area (Å²) in [5.41, 5.74) is -0.0447. The summed E-state index contributed by atoms with van der Waals surface area (Å²) in [6, 6.07) is 0. The van der Waals surface area contributed by atoms with Gasteiger partial charge in [-0.1, -0.05) is 13.8 Å². The number of nitrogens with zero attached hydrogens (tertiary/aromatic N) is 4. The second kappa shape index (κ2) is 6.93. The maximum Gasteiger partial charge on any atom is 0.306 e. The van der Waals surface area contributed by atoms with E-state index in [1.54, 1.807) is 0 Å². The molecule has 1 unspecified atom stereocenters. The summed E-state index contributed by atoms with van der Waals surface area (Å²) in [6.45, 7) is 6.30. The minimum absolute atomic E-state index is 0.0447. The fourth-order valence-corrected chi connectivity index (χ4v) is 3.54. The monoisotopic (exact) mass is 312 g/mol. The highest BCUT2D eigenvalue weighted by molar-refractivity contribution is 8.00. The molecule has 1 aliphatic heterocycles. The van der Waals surface area contributed by atoms with Crippen molar-refractivity contribution in [3.63, 3.8) is 0 Å². The van der Waals surface area contributed by atoms with E-state index < -0.39 is 4.92 Å². The summed E-state index contributed by atoms with van der Waals surface area (Å²) in [5.74, 6) is 1.63. The number of nitro groups is 1. The van der Waals surface area contributed by atoms with Gasteiger partial charge in [-0.2, -0.15) is 16.9 Å². The number of hydrogen-bond donors (Lipinski definition) is 0. The number of amides is 1. The van der Waals surface area contributed by atoms with Crippen LogP contribution < -0.4 is 0 Å². The highest BCUT2D eigenvalue weighted by atomic mass is 32.2. The van der Waals surface area contributed by atoms with Crippen molar-refractivity contribution in [3.8, 4) is 0 Å². The van der Waals surface area contributed by atoms with Crippen LogP contribution in [0.5, 0.6) is 0 Å². The third kappa shape index (κ3) is 4.20. The van der Waals surface area contributed by atoms with Crippen molar-refractivity contribution in [1.29, 1.82) is 0 Å². The molecule has 2 heterocycles. The summed E-state index contributed by atoms with van der Waals surface area (Å²) in [6.07, 6.45) is 2.89. The van der Waals surface area contributed by atoms with E-state index in [9.17, 15) is 14.9 Å². The summed E-state index contributed by atoms with van der Waals surface area (Å²) in [7, 11) is 0. The van der Waals surface area contributed by atoms with Gasteiger partial charge >= 0.3 is 5.69 Å². The Morgan fingerprint density at radius 2 is 2.38 bits per heavy atom. The van der Waals surface area contributed by atoms with Crippen LogP contribution in [0.25, 0.3) is 0 Å². The maximum absolute atomic E-state index is 12.2. The Labute approximate surface area is 127 Å². The molecule has 0 aromatic carbocycles. The first-order chi connectivity index (χ1) is 9.97. The minimum atomic E-state index is -0.486. The van der Waals surface area contributed by atoms with E-state index in [0.29, 0.717) is 24.1 Å². The predicted molar refractivity (Wildman–Crippen MR) is 81.2 cm³/mol. The first kappa shape index (κ1) is 15.8. The smallest absolute Gasteiger partial charge is 0.306 e. The maximum atomic E-state index is 12.2. The van der Waals surface area contributed by atoms with Crippen LogP contribution in [0.15, 0.2) is 12.4 Å². The van der Waals surface area contributed by atoms with Crippen molar-refractivity contribution in [2.75, 3.05) is 18.8 Å². The van der Waals surface area contributed by atoms with Crippen molar-refractivity contribution >= 4 is 23.4 Å². The third-order valence-electron chi connectivity index (χ3n) is 3.57. The molecular weight excluding hydrogens is 292 g/mol. The average Bonchev–Trinajstić information content (AvgIpc) is 2.94. The van der Waals surface area contributed by atoms with Crippen LogP contribution in [-0.2, 0) is 11.3 Å². The lowest BCUT2D eigenvalue weighted by Crippen LogP contribution is -2.43. The van der Waals surface area contributed by atoms with Crippen LogP contribution >= 0.6 is 11.8 Å². The molecule has 1 amide bonds. The average molecular weight is 312 g/mol. The normalized spacial score (nSPS) is 19.0. The highest BCUT2D eigenvalue weighted by Gasteiger charge is 2.25. The van der Waals surface area contributed by atoms with Crippen LogP contribution in [0.2, 0.25) is 0 Å². The molecule has 0 N–H and O–H groups in total. The Bertz CT molecular complexity index is 517. The van der Waals surface area contributed by atoms with Gasteiger partial charge in [-0.15, -0.1) is 0 Å². The zero-order valence-electron chi connectivity index (χ0n) is 12.3. The van der Waals surface area contributed by atoms with Crippen LogP contribution in [0.3, 0.4) is 0 Å². The number of carbonyl (C=O) groups excluding carboxylic acids is 1.